The summed E-state index contributed by atoms with van der Waals surface area (Å²) < 4.78 is 0. The first-order valence-corrected chi connectivity index (χ1v) is 18.2. The summed E-state index contributed by atoms with van der Waals surface area (Å²) in [7, 11) is 0. The SMILES string of the molecule is CC1(C)c2ccccc2-c2cc(-c3ccccc3)c(N(c3ccc(-c4ccccc4)cc3)c3ccc4c5ccccc5c5ccccc5c4c3)cc21. The Balaban J connectivity index is 1.27. The van der Waals surface area contributed by atoms with Gasteiger partial charge in [0, 0.05) is 22.4 Å². The zero-order valence-electron chi connectivity index (χ0n) is 29.3. The van der Waals surface area contributed by atoms with Crippen molar-refractivity contribution in [1.29, 1.82) is 0 Å². The molecule has 0 saturated carbocycles. The highest BCUT2D eigenvalue weighted by atomic mass is 15.1. The van der Waals surface area contributed by atoms with Crippen molar-refractivity contribution < 1.29 is 0 Å². The first-order valence-electron chi connectivity index (χ1n) is 18.2. The normalized spacial score (nSPS) is 13.0. The Labute approximate surface area is 305 Å². The van der Waals surface area contributed by atoms with Crippen LogP contribution in [0.15, 0.2) is 188 Å². The summed E-state index contributed by atoms with van der Waals surface area (Å²) in [6.07, 6.45) is 0. The predicted molar refractivity (Wildman–Crippen MR) is 222 cm³/mol. The van der Waals surface area contributed by atoms with Crippen molar-refractivity contribution in [1.82, 2.24) is 0 Å². The quantitative estimate of drug-likeness (QED) is 0.166. The molecule has 9 aromatic rings. The van der Waals surface area contributed by atoms with Crippen LogP contribution in [0.1, 0.15) is 25.0 Å². The Bertz CT molecular complexity index is 2760. The standard InChI is InChI=1S/C51H37N/c1-51(2)48-24-14-13-23-44(48)47-32-45(36-17-7-4-8-18-36)50(33-49(47)51)52(37-27-25-35(26-28-37)34-15-5-3-6-16-34)38-29-30-43-41-21-10-9-19-39(41)40-20-11-12-22-42(40)46(43)31-38/h3-33H,1-2H3. The molecule has 1 nitrogen and oxygen atoms in total. The van der Waals surface area contributed by atoms with Crippen molar-refractivity contribution in [3.8, 4) is 33.4 Å². The maximum atomic E-state index is 2.49. The molecule has 0 radical (unpaired) electrons. The van der Waals surface area contributed by atoms with Gasteiger partial charge in [0.05, 0.1) is 5.69 Å². The topological polar surface area (TPSA) is 3.24 Å². The van der Waals surface area contributed by atoms with Gasteiger partial charge in [0.25, 0.3) is 0 Å². The zero-order chi connectivity index (χ0) is 34.8. The van der Waals surface area contributed by atoms with Crippen LogP contribution in [0.3, 0.4) is 0 Å². The van der Waals surface area contributed by atoms with Gasteiger partial charge in [0.15, 0.2) is 0 Å². The van der Waals surface area contributed by atoms with Crippen LogP contribution in [0, 0.1) is 0 Å². The fourth-order valence-corrected chi connectivity index (χ4v) is 8.67. The fourth-order valence-electron chi connectivity index (χ4n) is 8.67. The first-order chi connectivity index (χ1) is 25.6. The average Bonchev–Trinajstić information content (AvgIpc) is 3.44. The molecule has 0 bridgehead atoms. The van der Waals surface area contributed by atoms with E-state index in [2.05, 4.69) is 207 Å². The number of fused-ring (bicyclic) bond motifs is 9. The summed E-state index contributed by atoms with van der Waals surface area (Å²) >= 11 is 0. The number of anilines is 3. The van der Waals surface area contributed by atoms with Gasteiger partial charge in [-0.15, -0.1) is 0 Å². The first kappa shape index (κ1) is 30.4. The predicted octanol–water partition coefficient (Wildman–Crippen LogP) is 14.3. The van der Waals surface area contributed by atoms with E-state index in [9.17, 15) is 0 Å². The number of benzene rings is 9. The molecule has 246 valence electrons. The van der Waals surface area contributed by atoms with E-state index in [1.165, 1.54) is 82.5 Å². The molecule has 10 rings (SSSR count). The van der Waals surface area contributed by atoms with Gasteiger partial charge in [0.1, 0.15) is 0 Å². The van der Waals surface area contributed by atoms with E-state index in [1.54, 1.807) is 0 Å². The maximum Gasteiger partial charge on any atom is 0.0543 e. The number of hydrogen-bond donors (Lipinski definition) is 0. The zero-order valence-corrected chi connectivity index (χ0v) is 29.3. The molecular weight excluding hydrogens is 627 g/mol. The second kappa shape index (κ2) is 11.8. The van der Waals surface area contributed by atoms with Crippen LogP contribution >= 0.6 is 0 Å². The van der Waals surface area contributed by atoms with Crippen LogP contribution in [-0.2, 0) is 5.41 Å². The van der Waals surface area contributed by atoms with Crippen molar-refractivity contribution in [2.75, 3.05) is 4.90 Å². The molecular formula is C51H37N. The van der Waals surface area contributed by atoms with Crippen LogP contribution in [0.4, 0.5) is 17.1 Å². The average molecular weight is 664 g/mol. The molecule has 0 unspecified atom stereocenters. The van der Waals surface area contributed by atoms with Gasteiger partial charge in [-0.1, -0.05) is 166 Å². The molecule has 1 aliphatic carbocycles. The smallest absolute Gasteiger partial charge is 0.0543 e. The molecule has 0 fully saturated rings. The van der Waals surface area contributed by atoms with E-state index >= 15 is 0 Å². The molecule has 52 heavy (non-hydrogen) atoms. The highest BCUT2D eigenvalue weighted by Crippen LogP contribution is 2.53. The lowest BCUT2D eigenvalue weighted by Gasteiger charge is -2.31. The van der Waals surface area contributed by atoms with E-state index < -0.39 is 0 Å². The summed E-state index contributed by atoms with van der Waals surface area (Å²) in [4.78, 5) is 2.49. The monoisotopic (exact) mass is 663 g/mol. The summed E-state index contributed by atoms with van der Waals surface area (Å²) in [6, 6.07) is 69.2. The minimum absolute atomic E-state index is 0.142. The van der Waals surface area contributed by atoms with Crippen LogP contribution in [0.5, 0.6) is 0 Å². The van der Waals surface area contributed by atoms with E-state index in [4.69, 9.17) is 0 Å². The minimum Gasteiger partial charge on any atom is -0.310 e. The molecule has 0 saturated heterocycles. The van der Waals surface area contributed by atoms with Gasteiger partial charge in [-0.05, 0) is 108 Å². The lowest BCUT2D eigenvalue weighted by molar-refractivity contribution is 0.660. The molecule has 0 aromatic heterocycles. The van der Waals surface area contributed by atoms with Gasteiger partial charge in [0.2, 0.25) is 0 Å². The summed E-state index contributed by atoms with van der Waals surface area (Å²) in [5.41, 5.74) is 13.5. The number of nitrogens with zero attached hydrogens (tertiary/aromatic N) is 1. The second-order valence-electron chi connectivity index (χ2n) is 14.5. The summed E-state index contributed by atoms with van der Waals surface area (Å²) in [5.74, 6) is 0. The van der Waals surface area contributed by atoms with Crippen LogP contribution < -0.4 is 4.90 Å². The van der Waals surface area contributed by atoms with Crippen molar-refractivity contribution >= 4 is 49.4 Å². The third-order valence-corrected chi connectivity index (χ3v) is 11.2. The van der Waals surface area contributed by atoms with Gasteiger partial charge in [-0.3, -0.25) is 0 Å². The largest absolute Gasteiger partial charge is 0.310 e. The van der Waals surface area contributed by atoms with E-state index in [0.717, 1.165) is 11.4 Å². The third kappa shape index (κ3) is 4.70. The molecule has 0 spiro atoms. The highest BCUT2D eigenvalue weighted by molar-refractivity contribution is 6.25. The van der Waals surface area contributed by atoms with Crippen molar-refractivity contribution in [2.45, 2.75) is 19.3 Å². The summed E-state index contributed by atoms with van der Waals surface area (Å²) in [5, 5.41) is 7.65. The van der Waals surface area contributed by atoms with Crippen LogP contribution in [0.2, 0.25) is 0 Å². The van der Waals surface area contributed by atoms with Crippen LogP contribution in [0.25, 0.3) is 65.7 Å². The Morgan fingerprint density at radius 2 is 0.827 bits per heavy atom. The molecule has 1 aliphatic rings. The number of hydrogen-bond acceptors (Lipinski definition) is 1. The molecule has 0 N–H and O–H groups in total. The molecule has 0 atom stereocenters. The Hall–Kier alpha value is -6.44. The summed E-state index contributed by atoms with van der Waals surface area (Å²) in [6.45, 7) is 4.74. The second-order valence-corrected chi connectivity index (χ2v) is 14.5. The maximum absolute atomic E-state index is 2.49. The highest BCUT2D eigenvalue weighted by Gasteiger charge is 2.37. The van der Waals surface area contributed by atoms with Gasteiger partial charge in [-0.25, -0.2) is 0 Å². The minimum atomic E-state index is -0.142. The van der Waals surface area contributed by atoms with E-state index in [-0.39, 0.29) is 5.41 Å². The van der Waals surface area contributed by atoms with Crippen molar-refractivity contribution in [2.24, 2.45) is 0 Å². The van der Waals surface area contributed by atoms with Crippen LogP contribution in [-0.4, -0.2) is 0 Å². The van der Waals surface area contributed by atoms with Crippen molar-refractivity contribution in [3.63, 3.8) is 0 Å². The fraction of sp³-hybridized carbons (Fsp3) is 0.0588. The molecule has 0 heterocycles. The third-order valence-electron chi connectivity index (χ3n) is 11.2. The Morgan fingerprint density at radius 3 is 1.48 bits per heavy atom. The van der Waals surface area contributed by atoms with E-state index in [0.29, 0.717) is 0 Å². The molecule has 9 aromatic carbocycles. The van der Waals surface area contributed by atoms with Gasteiger partial charge >= 0.3 is 0 Å². The number of rotatable bonds is 5. The van der Waals surface area contributed by atoms with E-state index in [1.807, 2.05) is 0 Å². The Kier molecular flexibility index (Phi) is 6.91. The molecule has 0 aliphatic heterocycles. The van der Waals surface area contributed by atoms with Crippen molar-refractivity contribution in [3.05, 3.63) is 199 Å². The lowest BCUT2D eigenvalue weighted by atomic mass is 9.81. The molecule has 0 amide bonds. The van der Waals surface area contributed by atoms with Gasteiger partial charge in [-0.2, -0.15) is 0 Å². The van der Waals surface area contributed by atoms with Gasteiger partial charge < -0.3 is 4.90 Å². The molecule has 1 heteroatoms. The lowest BCUT2D eigenvalue weighted by Crippen LogP contribution is -2.17. The Morgan fingerprint density at radius 1 is 0.327 bits per heavy atom.